The number of carbonyl (C=O) groups excluding carboxylic acids is 1. The fraction of sp³-hybridized carbons (Fsp3) is 0.103. The molecule has 40 heavy (non-hydrogen) atoms. The predicted molar refractivity (Wildman–Crippen MR) is 152 cm³/mol. The van der Waals surface area contributed by atoms with Crippen molar-refractivity contribution in [1.29, 1.82) is 0 Å². The number of anilines is 1. The van der Waals surface area contributed by atoms with Gasteiger partial charge in [0, 0.05) is 31.4 Å². The molecule has 4 heterocycles. The largest absolute Gasteiger partial charge is 0.382 e. The minimum atomic E-state index is -0.585. The van der Waals surface area contributed by atoms with Crippen molar-refractivity contribution in [2.45, 2.75) is 13.3 Å². The Morgan fingerprint density at radius 3 is 2.55 bits per heavy atom. The molecule has 6 aromatic rings. The minimum absolute atomic E-state index is 0.0980. The number of amides is 1. The average molecular weight is 532 g/mol. The summed E-state index contributed by atoms with van der Waals surface area (Å²) in [6.07, 6.45) is 7.20. The first-order chi connectivity index (χ1) is 19.4. The van der Waals surface area contributed by atoms with E-state index in [4.69, 9.17) is 16.5 Å². The van der Waals surface area contributed by atoms with Crippen LogP contribution in [0, 0.1) is 11.8 Å². The molecule has 4 aromatic heterocycles. The van der Waals surface area contributed by atoms with E-state index >= 15 is 0 Å². The van der Waals surface area contributed by atoms with Crippen molar-refractivity contribution in [2.75, 3.05) is 5.73 Å². The molecule has 0 unspecified atom stereocenters. The lowest BCUT2D eigenvalue weighted by atomic mass is 10.1. The zero-order chi connectivity index (χ0) is 28.2. The first-order valence-electron chi connectivity index (χ1n) is 12.4. The van der Waals surface area contributed by atoms with Crippen LogP contribution in [0.25, 0.3) is 22.1 Å². The number of hydrogen-bond acceptors (Lipinski definition) is 7. The maximum atomic E-state index is 13.4. The summed E-state index contributed by atoms with van der Waals surface area (Å²) in [5.74, 6) is 6.47. The first-order valence-corrected chi connectivity index (χ1v) is 12.4. The number of nitrogen functional groups attached to an aromatic ring is 1. The summed E-state index contributed by atoms with van der Waals surface area (Å²) >= 11 is 0. The average Bonchev–Trinajstić information content (AvgIpc) is 3.53. The van der Waals surface area contributed by atoms with E-state index in [-0.39, 0.29) is 16.9 Å². The highest BCUT2D eigenvalue weighted by atomic mass is 16.1. The number of aromatic nitrogens is 7. The van der Waals surface area contributed by atoms with Crippen LogP contribution in [-0.4, -0.2) is 39.8 Å². The van der Waals surface area contributed by atoms with Gasteiger partial charge in [0.1, 0.15) is 17.7 Å². The molecule has 0 fully saturated rings. The Labute approximate surface area is 228 Å². The summed E-state index contributed by atoms with van der Waals surface area (Å²) in [5, 5.41) is 8.52. The third-order valence-electron chi connectivity index (χ3n) is 6.06. The maximum Gasteiger partial charge on any atom is 0.267 e. The number of benzene rings is 2. The molecule has 0 radical (unpaired) electrons. The summed E-state index contributed by atoms with van der Waals surface area (Å²) < 4.78 is 4.79. The van der Waals surface area contributed by atoms with Gasteiger partial charge >= 0.3 is 0 Å². The van der Waals surface area contributed by atoms with Crippen molar-refractivity contribution in [3.05, 3.63) is 112 Å². The zero-order valence-electron chi connectivity index (χ0n) is 21.8. The molecule has 0 aliphatic carbocycles. The Hall–Kier alpha value is -5.76. The Kier molecular flexibility index (Phi) is 7.07. The van der Waals surface area contributed by atoms with Gasteiger partial charge in [0.2, 0.25) is 0 Å². The molecule has 0 spiro atoms. The van der Waals surface area contributed by atoms with Crippen LogP contribution < -0.4 is 17.0 Å². The van der Waals surface area contributed by atoms with Crippen LogP contribution in [0.5, 0.6) is 0 Å². The Balaban J connectivity index is 0.000000207. The van der Waals surface area contributed by atoms with E-state index in [1.807, 2.05) is 68.7 Å². The van der Waals surface area contributed by atoms with E-state index in [9.17, 15) is 9.59 Å². The molecule has 0 bridgehead atoms. The Bertz CT molecular complexity index is 1980. The second kappa shape index (κ2) is 10.9. The maximum absolute atomic E-state index is 13.4. The van der Waals surface area contributed by atoms with Gasteiger partial charge in [-0.05, 0) is 30.3 Å². The van der Waals surface area contributed by atoms with Gasteiger partial charge < -0.3 is 11.5 Å². The van der Waals surface area contributed by atoms with Crippen LogP contribution in [0.15, 0.2) is 84.3 Å². The zero-order valence-corrected chi connectivity index (χ0v) is 21.8. The number of nitrogens with zero attached hydrogens (tertiary/aromatic N) is 7. The van der Waals surface area contributed by atoms with Gasteiger partial charge in [-0.15, -0.1) is 5.10 Å². The smallest absolute Gasteiger partial charge is 0.267 e. The summed E-state index contributed by atoms with van der Waals surface area (Å²) in [6, 6.07) is 16.8. The van der Waals surface area contributed by atoms with E-state index in [1.54, 1.807) is 27.7 Å². The topological polar surface area (TPSA) is 152 Å². The van der Waals surface area contributed by atoms with Gasteiger partial charge in [-0.2, -0.15) is 5.10 Å². The Morgan fingerprint density at radius 2 is 1.85 bits per heavy atom. The normalized spacial score (nSPS) is 10.6. The lowest BCUT2D eigenvalue weighted by Gasteiger charge is -2.13. The quantitative estimate of drug-likeness (QED) is 0.333. The number of carbonyl (C=O) groups is 1. The third-order valence-corrected chi connectivity index (χ3v) is 6.06. The van der Waals surface area contributed by atoms with Crippen molar-refractivity contribution in [3.63, 3.8) is 0 Å². The second-order valence-corrected chi connectivity index (χ2v) is 8.74. The predicted octanol–water partition coefficient (Wildman–Crippen LogP) is 2.49. The minimum Gasteiger partial charge on any atom is -0.382 e. The fourth-order valence-electron chi connectivity index (χ4n) is 4.27. The van der Waals surface area contributed by atoms with E-state index in [0.29, 0.717) is 28.4 Å². The molecule has 0 aliphatic heterocycles. The summed E-state index contributed by atoms with van der Waals surface area (Å²) in [4.78, 5) is 32.9. The van der Waals surface area contributed by atoms with Crippen LogP contribution in [0.1, 0.15) is 34.2 Å². The molecule has 0 saturated heterocycles. The van der Waals surface area contributed by atoms with Gasteiger partial charge in [0.05, 0.1) is 33.9 Å². The van der Waals surface area contributed by atoms with Crippen molar-refractivity contribution >= 4 is 28.1 Å². The number of fused-ring (bicyclic) bond motifs is 2. The number of para-hydroxylation sites is 1. The monoisotopic (exact) mass is 531 g/mol. The molecule has 4 N–H and O–H groups in total. The molecular weight excluding hydrogens is 506 g/mol. The number of nitrogens with two attached hydrogens (primary N) is 2. The summed E-state index contributed by atoms with van der Waals surface area (Å²) in [6.45, 7) is 2.00. The highest BCUT2D eigenvalue weighted by Gasteiger charge is 2.15. The van der Waals surface area contributed by atoms with Crippen LogP contribution in [0.3, 0.4) is 0 Å². The number of rotatable bonds is 3. The van der Waals surface area contributed by atoms with Crippen LogP contribution in [0.4, 0.5) is 5.82 Å². The van der Waals surface area contributed by atoms with Crippen LogP contribution >= 0.6 is 0 Å². The van der Waals surface area contributed by atoms with Gasteiger partial charge in [-0.3, -0.25) is 18.8 Å². The number of primary amides is 1. The summed E-state index contributed by atoms with van der Waals surface area (Å²) in [7, 11) is 1.85. The van der Waals surface area contributed by atoms with Crippen molar-refractivity contribution in [3.8, 4) is 17.5 Å². The highest BCUT2D eigenvalue weighted by Crippen LogP contribution is 2.17. The molecular formula is C29H25N9O2. The molecule has 0 aliphatic rings. The van der Waals surface area contributed by atoms with E-state index < -0.39 is 5.91 Å². The lowest BCUT2D eigenvalue weighted by Crippen LogP contribution is -2.24. The first kappa shape index (κ1) is 25.9. The highest BCUT2D eigenvalue weighted by molar-refractivity contribution is 6.04. The van der Waals surface area contributed by atoms with Crippen LogP contribution in [0.2, 0.25) is 0 Å². The SMILES string of the molecule is CCc1nc2cccc(C#Cc3cnn(C)c3)c2c(=O)n1-c1ccccc1.NC(=O)c1c(N)nn2cnccc12. The Morgan fingerprint density at radius 1 is 1.05 bits per heavy atom. The van der Waals surface area contributed by atoms with E-state index in [1.165, 1.54) is 10.8 Å². The van der Waals surface area contributed by atoms with Gasteiger partial charge in [0.25, 0.3) is 11.5 Å². The fourth-order valence-corrected chi connectivity index (χ4v) is 4.27. The molecule has 198 valence electrons. The van der Waals surface area contributed by atoms with Gasteiger partial charge in [-0.25, -0.2) is 14.5 Å². The molecule has 11 heteroatoms. The van der Waals surface area contributed by atoms with Crippen molar-refractivity contribution in [2.24, 2.45) is 12.8 Å². The van der Waals surface area contributed by atoms with Crippen LogP contribution in [-0.2, 0) is 13.5 Å². The molecule has 0 atom stereocenters. The number of aryl methyl sites for hydroxylation is 2. The second-order valence-electron chi connectivity index (χ2n) is 8.74. The molecule has 6 rings (SSSR count). The van der Waals surface area contributed by atoms with Gasteiger partial charge in [0.15, 0.2) is 5.82 Å². The molecule has 2 aromatic carbocycles. The lowest BCUT2D eigenvalue weighted by molar-refractivity contribution is 0.100. The van der Waals surface area contributed by atoms with E-state index in [2.05, 4.69) is 27.0 Å². The summed E-state index contributed by atoms with van der Waals surface area (Å²) in [5.41, 5.74) is 14.3. The number of hydrogen-bond donors (Lipinski definition) is 2. The molecule has 0 saturated carbocycles. The van der Waals surface area contributed by atoms with Gasteiger partial charge in [-0.1, -0.05) is 43.0 Å². The van der Waals surface area contributed by atoms with Crippen molar-refractivity contribution in [1.82, 2.24) is 33.9 Å². The van der Waals surface area contributed by atoms with Crippen molar-refractivity contribution < 1.29 is 4.79 Å². The molecule has 11 nitrogen and oxygen atoms in total. The third kappa shape index (κ3) is 5.01. The van der Waals surface area contributed by atoms with E-state index in [0.717, 1.165) is 17.1 Å². The molecule has 1 amide bonds. The standard InChI is InChI=1S/C22H18N4O.C7H7N5O/c1-3-20-24-19-11-7-8-17(13-12-16-14-23-25(2)15-16)21(19)22(27)26(20)18-9-5-4-6-10-18;8-6-5(7(9)13)4-1-2-10-3-12(4)11-6/h4-11,14-15H,3H2,1-2H3;1-3H,(H2,8,11)(H2,9,13).